The van der Waals surface area contributed by atoms with Gasteiger partial charge in [0.05, 0.1) is 16.9 Å². The summed E-state index contributed by atoms with van der Waals surface area (Å²) in [5.74, 6) is 0. The van der Waals surface area contributed by atoms with Crippen LogP contribution in [0.4, 0.5) is 5.69 Å². The molecule has 4 rings (SSSR count). The molecule has 148 valence electrons. The number of hydrogen-bond acceptors (Lipinski definition) is 6. The minimum absolute atomic E-state index is 0.356. The van der Waals surface area contributed by atoms with E-state index in [0.717, 1.165) is 25.6 Å². The standard InChI is InChI=1S/C22H13Br2N3O2S/c1-12-2-4-18(17(24)6-12)26-10-14(9-25)21-27-19(11-30-21)16-8-13-7-15(23)3-5-20(13)29-22(16)28/h2-8,10-11,26H,1H3/b14-10+. The Bertz CT molecular complexity index is 1400. The molecule has 2 heterocycles. The zero-order valence-corrected chi connectivity index (χ0v) is 19.6. The molecule has 0 amide bonds. The molecule has 30 heavy (non-hydrogen) atoms. The van der Waals surface area contributed by atoms with E-state index >= 15 is 0 Å². The van der Waals surface area contributed by atoms with Gasteiger partial charge < -0.3 is 9.73 Å². The van der Waals surface area contributed by atoms with Gasteiger partial charge in [0.15, 0.2) is 0 Å². The molecule has 0 aliphatic heterocycles. The summed E-state index contributed by atoms with van der Waals surface area (Å²) in [4.78, 5) is 16.9. The number of thiazole rings is 1. The molecule has 0 radical (unpaired) electrons. The van der Waals surface area contributed by atoms with E-state index in [-0.39, 0.29) is 0 Å². The molecule has 2 aromatic heterocycles. The number of aryl methyl sites for hydroxylation is 1. The van der Waals surface area contributed by atoms with Gasteiger partial charge in [0.25, 0.3) is 0 Å². The lowest BCUT2D eigenvalue weighted by molar-refractivity contribution is 0.563. The molecule has 0 aliphatic carbocycles. The largest absolute Gasteiger partial charge is 0.422 e. The van der Waals surface area contributed by atoms with Crippen LogP contribution in [0.2, 0.25) is 0 Å². The maximum absolute atomic E-state index is 12.4. The summed E-state index contributed by atoms with van der Waals surface area (Å²) in [5, 5.41) is 15.8. The zero-order valence-electron chi connectivity index (χ0n) is 15.6. The molecule has 0 saturated carbocycles. The Hall–Kier alpha value is -2.73. The molecule has 0 aliphatic rings. The van der Waals surface area contributed by atoms with Gasteiger partial charge in [-0.3, -0.25) is 0 Å². The lowest BCUT2D eigenvalue weighted by Crippen LogP contribution is -2.03. The van der Waals surface area contributed by atoms with Crippen molar-refractivity contribution in [3.8, 4) is 17.3 Å². The molecule has 0 bridgehead atoms. The van der Waals surface area contributed by atoms with Gasteiger partial charge in [-0.1, -0.05) is 22.0 Å². The van der Waals surface area contributed by atoms with Crippen LogP contribution in [0, 0.1) is 18.3 Å². The number of nitriles is 1. The Morgan fingerprint density at radius 1 is 1.23 bits per heavy atom. The quantitative estimate of drug-likeness (QED) is 0.228. The number of benzene rings is 2. The molecule has 0 atom stereocenters. The van der Waals surface area contributed by atoms with Crippen molar-refractivity contribution in [1.29, 1.82) is 5.26 Å². The minimum Gasteiger partial charge on any atom is -0.422 e. The monoisotopic (exact) mass is 541 g/mol. The highest BCUT2D eigenvalue weighted by atomic mass is 79.9. The number of aromatic nitrogens is 1. The van der Waals surface area contributed by atoms with Crippen LogP contribution in [-0.2, 0) is 0 Å². The number of rotatable bonds is 4. The van der Waals surface area contributed by atoms with Crippen LogP contribution in [0.5, 0.6) is 0 Å². The normalized spacial score (nSPS) is 11.5. The third kappa shape index (κ3) is 4.24. The first-order valence-corrected chi connectivity index (χ1v) is 11.2. The van der Waals surface area contributed by atoms with Crippen molar-refractivity contribution in [2.75, 3.05) is 5.32 Å². The zero-order chi connectivity index (χ0) is 21.3. The van der Waals surface area contributed by atoms with Crippen molar-refractivity contribution in [3.63, 3.8) is 0 Å². The average molecular weight is 543 g/mol. The second kappa shape index (κ2) is 8.56. The summed E-state index contributed by atoms with van der Waals surface area (Å²) in [6.45, 7) is 2.00. The predicted octanol–water partition coefficient (Wildman–Crippen LogP) is 6.73. The highest BCUT2D eigenvalue weighted by Crippen LogP contribution is 2.28. The first kappa shape index (κ1) is 20.5. The van der Waals surface area contributed by atoms with Gasteiger partial charge in [-0.15, -0.1) is 11.3 Å². The van der Waals surface area contributed by atoms with E-state index in [2.05, 4.69) is 48.2 Å². The van der Waals surface area contributed by atoms with Gasteiger partial charge >= 0.3 is 5.63 Å². The Morgan fingerprint density at radius 2 is 2.07 bits per heavy atom. The van der Waals surface area contributed by atoms with Crippen molar-refractivity contribution in [3.05, 3.63) is 84.0 Å². The van der Waals surface area contributed by atoms with Crippen LogP contribution >= 0.6 is 43.2 Å². The topological polar surface area (TPSA) is 78.9 Å². The van der Waals surface area contributed by atoms with Crippen molar-refractivity contribution < 1.29 is 4.42 Å². The van der Waals surface area contributed by atoms with Gasteiger partial charge in [-0.2, -0.15) is 5.26 Å². The van der Waals surface area contributed by atoms with E-state index in [4.69, 9.17) is 4.42 Å². The highest BCUT2D eigenvalue weighted by molar-refractivity contribution is 9.10. The number of fused-ring (bicyclic) bond motifs is 1. The summed E-state index contributed by atoms with van der Waals surface area (Å²) >= 11 is 8.22. The van der Waals surface area contributed by atoms with Gasteiger partial charge in [-0.25, -0.2) is 9.78 Å². The summed E-state index contributed by atoms with van der Waals surface area (Å²) in [5.41, 5.74) is 3.21. The Balaban J connectivity index is 1.67. The lowest BCUT2D eigenvalue weighted by Gasteiger charge is -2.05. The third-order valence-electron chi connectivity index (χ3n) is 4.32. The summed E-state index contributed by atoms with van der Waals surface area (Å²) in [6.07, 6.45) is 1.61. The van der Waals surface area contributed by atoms with E-state index in [1.807, 2.05) is 37.3 Å². The Morgan fingerprint density at radius 3 is 2.83 bits per heavy atom. The molecular formula is C22H13Br2N3O2S. The van der Waals surface area contributed by atoms with Crippen LogP contribution in [-0.4, -0.2) is 4.98 Å². The van der Waals surface area contributed by atoms with E-state index in [9.17, 15) is 10.1 Å². The van der Waals surface area contributed by atoms with E-state index < -0.39 is 5.63 Å². The van der Waals surface area contributed by atoms with Gasteiger partial charge in [0, 0.05) is 25.9 Å². The summed E-state index contributed by atoms with van der Waals surface area (Å²) in [7, 11) is 0. The fourth-order valence-corrected chi connectivity index (χ4v) is 4.59. The molecule has 0 unspecified atom stereocenters. The maximum Gasteiger partial charge on any atom is 0.345 e. The molecular weight excluding hydrogens is 530 g/mol. The second-order valence-electron chi connectivity index (χ2n) is 6.47. The van der Waals surface area contributed by atoms with Crippen molar-refractivity contribution in [2.45, 2.75) is 6.92 Å². The van der Waals surface area contributed by atoms with E-state index in [0.29, 0.717) is 27.4 Å². The number of hydrogen-bond donors (Lipinski definition) is 1. The second-order valence-corrected chi connectivity index (χ2v) is 9.09. The van der Waals surface area contributed by atoms with Crippen LogP contribution in [0.25, 0.3) is 27.8 Å². The van der Waals surface area contributed by atoms with Gasteiger partial charge in [0.1, 0.15) is 22.2 Å². The Labute approximate surface area is 193 Å². The average Bonchev–Trinajstić information content (AvgIpc) is 3.19. The van der Waals surface area contributed by atoms with Crippen LogP contribution in [0.3, 0.4) is 0 Å². The van der Waals surface area contributed by atoms with E-state index in [1.54, 1.807) is 23.7 Å². The first-order chi connectivity index (χ1) is 14.4. The molecule has 4 aromatic rings. The number of anilines is 1. The van der Waals surface area contributed by atoms with Crippen LogP contribution in [0.15, 0.2) is 72.2 Å². The van der Waals surface area contributed by atoms with Crippen molar-refractivity contribution >= 4 is 65.4 Å². The summed E-state index contributed by atoms with van der Waals surface area (Å²) in [6, 6.07) is 15.2. The maximum atomic E-state index is 12.4. The van der Waals surface area contributed by atoms with Crippen molar-refractivity contribution in [2.24, 2.45) is 0 Å². The number of nitrogens with zero attached hydrogens (tertiary/aromatic N) is 2. The Kier molecular flexibility index (Phi) is 5.86. The number of allylic oxidation sites excluding steroid dienone is 1. The molecule has 8 heteroatoms. The first-order valence-electron chi connectivity index (χ1n) is 8.77. The highest BCUT2D eigenvalue weighted by Gasteiger charge is 2.14. The molecule has 0 saturated heterocycles. The fourth-order valence-electron chi connectivity index (χ4n) is 2.82. The summed E-state index contributed by atoms with van der Waals surface area (Å²) < 4.78 is 7.20. The number of nitrogens with one attached hydrogen (secondary N) is 1. The molecule has 5 nitrogen and oxygen atoms in total. The lowest BCUT2D eigenvalue weighted by atomic mass is 10.1. The van der Waals surface area contributed by atoms with Crippen LogP contribution in [0.1, 0.15) is 10.6 Å². The van der Waals surface area contributed by atoms with Gasteiger partial charge in [-0.05, 0) is 64.8 Å². The molecule has 1 N–H and O–H groups in total. The molecule has 0 spiro atoms. The third-order valence-corrected chi connectivity index (χ3v) is 6.35. The molecule has 2 aromatic carbocycles. The number of halogens is 2. The van der Waals surface area contributed by atoms with Crippen LogP contribution < -0.4 is 10.9 Å². The fraction of sp³-hybridized carbons (Fsp3) is 0.0455. The minimum atomic E-state index is -0.467. The van der Waals surface area contributed by atoms with E-state index in [1.165, 1.54) is 11.3 Å². The van der Waals surface area contributed by atoms with Crippen molar-refractivity contribution in [1.82, 2.24) is 4.98 Å². The smallest absolute Gasteiger partial charge is 0.345 e. The van der Waals surface area contributed by atoms with Gasteiger partial charge in [0.2, 0.25) is 0 Å². The SMILES string of the molecule is Cc1ccc(N/C=C(\C#N)c2nc(-c3cc4cc(Br)ccc4oc3=O)cs2)c(Br)c1. The predicted molar refractivity (Wildman–Crippen MR) is 127 cm³/mol. The molecule has 0 fully saturated rings.